The van der Waals surface area contributed by atoms with Crippen LogP contribution in [0.25, 0.3) is 0 Å². The van der Waals surface area contributed by atoms with Gasteiger partial charge in [-0.05, 0) is 34.7 Å². The lowest BCUT2D eigenvalue weighted by Gasteiger charge is -2.03. The van der Waals surface area contributed by atoms with Crippen molar-refractivity contribution in [2.24, 2.45) is 0 Å². The fourth-order valence-electron chi connectivity index (χ4n) is 0.702. The Morgan fingerprint density at radius 3 is 2.92 bits per heavy atom. The Morgan fingerprint density at radius 2 is 2.33 bits per heavy atom. The molecule has 1 heterocycles. The fraction of sp³-hybridized carbons (Fsp3) is 0.375. The minimum atomic E-state index is 0.164. The number of halogens is 1. The number of ether oxygens (including phenoxy) is 1. The molecule has 0 fully saturated rings. The van der Waals surface area contributed by atoms with E-state index in [2.05, 4.69) is 27.6 Å². The Balaban J connectivity index is 2.37. The minimum absolute atomic E-state index is 0.164. The van der Waals surface area contributed by atoms with Crippen LogP contribution in [0.1, 0.15) is 6.42 Å². The van der Waals surface area contributed by atoms with Crippen molar-refractivity contribution in [3.63, 3.8) is 0 Å². The summed E-state index contributed by atoms with van der Waals surface area (Å²) in [4.78, 5) is 4.06. The maximum absolute atomic E-state index is 8.49. The summed E-state index contributed by atoms with van der Waals surface area (Å²) in [6, 6.07) is 3.75. The molecule has 0 atom stereocenters. The van der Waals surface area contributed by atoms with E-state index in [1.54, 1.807) is 6.20 Å². The molecule has 3 nitrogen and oxygen atoms in total. The van der Waals surface area contributed by atoms with Crippen molar-refractivity contribution in [1.29, 1.82) is 0 Å². The summed E-state index contributed by atoms with van der Waals surface area (Å²) >= 11 is 2.13. The molecule has 0 aliphatic carbocycles. The van der Waals surface area contributed by atoms with Crippen molar-refractivity contribution in [2.45, 2.75) is 6.42 Å². The van der Waals surface area contributed by atoms with Gasteiger partial charge in [-0.15, -0.1) is 0 Å². The highest BCUT2D eigenvalue weighted by Crippen LogP contribution is 2.10. The van der Waals surface area contributed by atoms with Gasteiger partial charge in [0.2, 0.25) is 0 Å². The molecule has 4 heteroatoms. The lowest BCUT2D eigenvalue weighted by atomic mass is 10.4. The molecular weight excluding hydrogens is 269 g/mol. The molecule has 1 aromatic rings. The van der Waals surface area contributed by atoms with Crippen molar-refractivity contribution < 1.29 is 9.84 Å². The van der Waals surface area contributed by atoms with Crippen LogP contribution in [0.5, 0.6) is 5.75 Å². The zero-order valence-electron chi connectivity index (χ0n) is 6.53. The van der Waals surface area contributed by atoms with Gasteiger partial charge in [-0.3, -0.25) is 0 Å². The molecule has 0 aliphatic rings. The summed E-state index contributed by atoms with van der Waals surface area (Å²) in [5.74, 6) is 0.754. The van der Waals surface area contributed by atoms with Crippen molar-refractivity contribution >= 4 is 22.6 Å². The average molecular weight is 279 g/mol. The topological polar surface area (TPSA) is 42.4 Å². The molecule has 0 saturated heterocycles. The Kier molecular flexibility index (Phi) is 4.31. The van der Waals surface area contributed by atoms with E-state index < -0.39 is 0 Å². The minimum Gasteiger partial charge on any atom is -0.492 e. The second-order valence-electron chi connectivity index (χ2n) is 2.24. The molecule has 0 aliphatic heterocycles. The SMILES string of the molecule is OCCCOc1ccc(I)nc1. The van der Waals surface area contributed by atoms with E-state index in [1.165, 1.54) is 0 Å². The number of aromatic nitrogens is 1. The molecule has 0 amide bonds. The van der Waals surface area contributed by atoms with Gasteiger partial charge in [0.1, 0.15) is 9.45 Å². The Labute approximate surface area is 84.9 Å². The van der Waals surface area contributed by atoms with Crippen LogP contribution < -0.4 is 4.74 Å². The van der Waals surface area contributed by atoms with Crippen molar-refractivity contribution in [3.8, 4) is 5.75 Å². The Bertz CT molecular complexity index is 225. The predicted octanol–water partition coefficient (Wildman–Crippen LogP) is 1.45. The van der Waals surface area contributed by atoms with Gasteiger partial charge in [0.25, 0.3) is 0 Å². The molecule has 0 unspecified atom stereocenters. The van der Waals surface area contributed by atoms with E-state index >= 15 is 0 Å². The monoisotopic (exact) mass is 279 g/mol. The number of aliphatic hydroxyl groups is 1. The number of rotatable bonds is 4. The zero-order chi connectivity index (χ0) is 8.81. The van der Waals surface area contributed by atoms with Crippen molar-refractivity contribution in [1.82, 2.24) is 4.98 Å². The third-order valence-electron chi connectivity index (χ3n) is 1.27. The van der Waals surface area contributed by atoms with Gasteiger partial charge in [-0.25, -0.2) is 4.98 Å². The molecule has 0 saturated carbocycles. The molecule has 1 N–H and O–H groups in total. The molecular formula is C8H10INO2. The van der Waals surface area contributed by atoms with Gasteiger partial charge in [0, 0.05) is 13.0 Å². The lowest BCUT2D eigenvalue weighted by molar-refractivity contribution is 0.233. The Hall–Kier alpha value is -0.360. The summed E-state index contributed by atoms with van der Waals surface area (Å²) in [7, 11) is 0. The van der Waals surface area contributed by atoms with Gasteiger partial charge in [0.05, 0.1) is 12.8 Å². The average Bonchev–Trinajstić information content (AvgIpc) is 2.09. The van der Waals surface area contributed by atoms with E-state index in [-0.39, 0.29) is 6.61 Å². The first-order chi connectivity index (χ1) is 5.83. The van der Waals surface area contributed by atoms with Crippen molar-refractivity contribution in [3.05, 3.63) is 22.0 Å². The van der Waals surface area contributed by atoms with E-state index in [0.717, 1.165) is 9.45 Å². The summed E-state index contributed by atoms with van der Waals surface area (Å²) in [5.41, 5.74) is 0. The number of pyridine rings is 1. The maximum atomic E-state index is 8.49. The van der Waals surface area contributed by atoms with E-state index in [4.69, 9.17) is 9.84 Å². The Morgan fingerprint density at radius 1 is 1.50 bits per heavy atom. The quantitative estimate of drug-likeness (QED) is 0.515. The number of aliphatic hydroxyl groups excluding tert-OH is 1. The number of hydrogen-bond acceptors (Lipinski definition) is 3. The molecule has 0 spiro atoms. The molecule has 0 aromatic carbocycles. The van der Waals surface area contributed by atoms with Crippen LogP contribution in [0.3, 0.4) is 0 Å². The third kappa shape index (κ3) is 3.36. The van der Waals surface area contributed by atoms with Crippen LogP contribution in [0, 0.1) is 3.70 Å². The first-order valence-electron chi connectivity index (χ1n) is 3.68. The van der Waals surface area contributed by atoms with Gasteiger partial charge in [-0.1, -0.05) is 0 Å². The van der Waals surface area contributed by atoms with Crippen LogP contribution in [0.4, 0.5) is 0 Å². The van der Waals surface area contributed by atoms with Crippen LogP contribution in [0.2, 0.25) is 0 Å². The van der Waals surface area contributed by atoms with E-state index in [0.29, 0.717) is 13.0 Å². The summed E-state index contributed by atoms with van der Waals surface area (Å²) in [6.07, 6.45) is 2.34. The molecule has 1 aromatic heterocycles. The molecule has 0 bridgehead atoms. The summed E-state index contributed by atoms with van der Waals surface area (Å²) < 4.78 is 6.22. The zero-order valence-corrected chi connectivity index (χ0v) is 8.69. The third-order valence-corrected chi connectivity index (χ3v) is 1.91. The molecule has 0 radical (unpaired) electrons. The van der Waals surface area contributed by atoms with Crippen LogP contribution in [-0.4, -0.2) is 23.3 Å². The van der Waals surface area contributed by atoms with Gasteiger partial charge in [-0.2, -0.15) is 0 Å². The smallest absolute Gasteiger partial charge is 0.137 e. The highest BCUT2D eigenvalue weighted by Gasteiger charge is 1.93. The molecule has 66 valence electrons. The second-order valence-corrected chi connectivity index (χ2v) is 3.35. The van der Waals surface area contributed by atoms with Crippen LogP contribution >= 0.6 is 22.6 Å². The highest BCUT2D eigenvalue weighted by molar-refractivity contribution is 14.1. The maximum Gasteiger partial charge on any atom is 0.137 e. The van der Waals surface area contributed by atoms with Crippen LogP contribution in [0.15, 0.2) is 18.3 Å². The predicted molar refractivity (Wildman–Crippen MR) is 54.2 cm³/mol. The highest BCUT2D eigenvalue weighted by atomic mass is 127. The van der Waals surface area contributed by atoms with Gasteiger partial charge in [0.15, 0.2) is 0 Å². The van der Waals surface area contributed by atoms with E-state index in [9.17, 15) is 0 Å². The summed E-state index contributed by atoms with van der Waals surface area (Å²) in [5, 5.41) is 8.49. The van der Waals surface area contributed by atoms with Gasteiger partial charge >= 0.3 is 0 Å². The lowest BCUT2D eigenvalue weighted by Crippen LogP contribution is -1.99. The normalized spacial score (nSPS) is 9.83. The second kappa shape index (κ2) is 5.31. The number of nitrogens with zero attached hydrogens (tertiary/aromatic N) is 1. The molecule has 12 heavy (non-hydrogen) atoms. The first-order valence-corrected chi connectivity index (χ1v) is 4.76. The number of hydrogen-bond donors (Lipinski definition) is 1. The largest absolute Gasteiger partial charge is 0.492 e. The fourth-order valence-corrected chi connectivity index (χ4v) is 1.02. The van der Waals surface area contributed by atoms with Crippen LogP contribution in [-0.2, 0) is 0 Å². The first kappa shape index (κ1) is 9.73. The molecule has 1 rings (SSSR count). The summed E-state index contributed by atoms with van der Waals surface area (Å²) in [6.45, 7) is 0.705. The van der Waals surface area contributed by atoms with Gasteiger partial charge < -0.3 is 9.84 Å². The van der Waals surface area contributed by atoms with Crippen molar-refractivity contribution in [2.75, 3.05) is 13.2 Å². The van der Waals surface area contributed by atoms with E-state index in [1.807, 2.05) is 12.1 Å². The standard InChI is InChI=1S/C8H10INO2/c9-8-3-2-7(6-10-8)12-5-1-4-11/h2-3,6,11H,1,4-5H2.